The number of carboxylic acids is 1. The van der Waals surface area contributed by atoms with E-state index in [-0.39, 0.29) is 17.5 Å². The summed E-state index contributed by atoms with van der Waals surface area (Å²) in [5, 5.41) is 11.5. The minimum Gasteiger partial charge on any atom is -0.480 e. The van der Waals surface area contributed by atoms with Crippen LogP contribution in [0.2, 0.25) is 0 Å². The van der Waals surface area contributed by atoms with Crippen LogP contribution in [0.25, 0.3) is 11.1 Å². The fourth-order valence-electron chi connectivity index (χ4n) is 4.35. The maximum atomic E-state index is 14.3. The minimum atomic E-state index is -2.86. The molecular formula is C25H30F2N2O6. The number of ether oxygens (including phenoxy) is 2. The molecule has 0 saturated carbocycles. The van der Waals surface area contributed by atoms with Gasteiger partial charge in [-0.2, -0.15) is 8.78 Å². The highest BCUT2D eigenvalue weighted by Gasteiger charge is 2.46. The van der Waals surface area contributed by atoms with Crippen molar-refractivity contribution in [1.82, 2.24) is 5.32 Å². The monoisotopic (exact) mass is 492 g/mol. The smallest absolute Gasteiger partial charge is 0.320 e. The number of carbonyl (C=O) groups is 3. The summed E-state index contributed by atoms with van der Waals surface area (Å²) in [4.78, 5) is 27.2. The van der Waals surface area contributed by atoms with Crippen molar-refractivity contribution in [2.75, 3.05) is 19.8 Å². The molecule has 2 aliphatic heterocycles. The number of carboxylic acid groups (broad SMARTS) is 1. The second kappa shape index (κ2) is 12.0. The fraction of sp³-hybridized carbons (Fsp3) is 0.400. The number of aliphatic carboxylic acids is 1. The van der Waals surface area contributed by atoms with Gasteiger partial charge in [0, 0.05) is 17.5 Å². The lowest BCUT2D eigenvalue weighted by atomic mass is 9.98. The van der Waals surface area contributed by atoms with Crippen molar-refractivity contribution in [3.05, 3.63) is 58.7 Å². The third-order valence-electron chi connectivity index (χ3n) is 5.96. The molecule has 2 fully saturated rings. The molecule has 2 heterocycles. The molecule has 2 aromatic rings. The van der Waals surface area contributed by atoms with Gasteiger partial charge in [-0.1, -0.05) is 43.3 Å². The highest BCUT2D eigenvalue weighted by Crippen LogP contribution is 2.52. The summed E-state index contributed by atoms with van der Waals surface area (Å²) in [6.07, 6.45) is 1.52. The number of alkyl halides is 2. The van der Waals surface area contributed by atoms with Gasteiger partial charge in [-0.05, 0) is 35.6 Å². The average molecular weight is 493 g/mol. The Balaban J connectivity index is 0.000000220. The second-order valence-corrected chi connectivity index (χ2v) is 8.02. The van der Waals surface area contributed by atoms with Crippen LogP contribution in [0.4, 0.5) is 8.78 Å². The molecule has 1 spiro atoms. The van der Waals surface area contributed by atoms with Gasteiger partial charge < -0.3 is 25.1 Å². The van der Waals surface area contributed by atoms with Gasteiger partial charge in [-0.25, -0.2) is 0 Å². The molecule has 1 unspecified atom stereocenters. The molecule has 1 aliphatic carbocycles. The number of hydrogen-bond acceptors (Lipinski definition) is 6. The minimum absolute atomic E-state index is 0.143. The highest BCUT2D eigenvalue weighted by molar-refractivity contribution is 5.82. The zero-order valence-corrected chi connectivity index (χ0v) is 19.7. The van der Waals surface area contributed by atoms with E-state index >= 15 is 0 Å². The van der Waals surface area contributed by atoms with Crippen LogP contribution in [0.5, 0.6) is 0 Å². The van der Waals surface area contributed by atoms with Crippen LogP contribution in [-0.2, 0) is 36.2 Å². The first-order valence-electron chi connectivity index (χ1n) is 11.0. The predicted molar refractivity (Wildman–Crippen MR) is 125 cm³/mol. The molecule has 1 amide bonds. The Morgan fingerprint density at radius 3 is 2.40 bits per heavy atom. The molecule has 3 aliphatic rings. The van der Waals surface area contributed by atoms with Crippen LogP contribution in [-0.4, -0.2) is 55.9 Å². The van der Waals surface area contributed by atoms with E-state index in [1.165, 1.54) is 6.07 Å². The Labute approximate surface area is 202 Å². The Hall–Kier alpha value is -3.21. The first-order chi connectivity index (χ1) is 16.7. The topological polar surface area (TPSA) is 128 Å². The van der Waals surface area contributed by atoms with E-state index in [1.54, 1.807) is 18.2 Å². The third-order valence-corrected chi connectivity index (χ3v) is 5.96. The van der Waals surface area contributed by atoms with Crippen molar-refractivity contribution in [3.8, 4) is 11.1 Å². The number of benzene rings is 2. The van der Waals surface area contributed by atoms with E-state index < -0.39 is 23.7 Å². The van der Waals surface area contributed by atoms with Crippen LogP contribution >= 0.6 is 0 Å². The van der Waals surface area contributed by atoms with Gasteiger partial charge >= 0.3 is 5.97 Å². The zero-order valence-electron chi connectivity index (χ0n) is 19.7. The van der Waals surface area contributed by atoms with Crippen LogP contribution in [0.1, 0.15) is 35.6 Å². The quantitative estimate of drug-likeness (QED) is 0.550. The van der Waals surface area contributed by atoms with Gasteiger partial charge in [0.15, 0.2) is 5.79 Å². The normalized spacial score (nSPS) is 19.6. The number of hydrogen-bond donors (Lipinski definition) is 3. The van der Waals surface area contributed by atoms with Crippen LogP contribution in [0.15, 0.2) is 36.4 Å². The second-order valence-electron chi connectivity index (χ2n) is 8.02. The first kappa shape index (κ1) is 28.0. The molecule has 0 aromatic heterocycles. The Morgan fingerprint density at radius 2 is 1.86 bits per heavy atom. The number of primary amides is 1. The Kier molecular flexibility index (Phi) is 9.58. The first-order valence-corrected chi connectivity index (χ1v) is 11.0. The van der Waals surface area contributed by atoms with E-state index in [9.17, 15) is 13.6 Å². The summed E-state index contributed by atoms with van der Waals surface area (Å²) in [6, 6.07) is 9.89. The van der Waals surface area contributed by atoms with Crippen LogP contribution in [0.3, 0.4) is 0 Å². The number of nitrogens with two attached hydrogens (primary N) is 1. The number of halogens is 2. The van der Waals surface area contributed by atoms with Gasteiger partial charge in [0.05, 0.1) is 19.8 Å². The van der Waals surface area contributed by atoms with E-state index in [0.717, 1.165) is 17.5 Å². The van der Waals surface area contributed by atoms with Gasteiger partial charge in [0.2, 0.25) is 6.41 Å². The summed E-state index contributed by atoms with van der Waals surface area (Å²) in [7, 11) is 0. The maximum Gasteiger partial charge on any atom is 0.320 e. The molecule has 0 radical (unpaired) electrons. The van der Waals surface area contributed by atoms with E-state index in [0.29, 0.717) is 37.3 Å². The standard InChI is InChI=1S/C16H14F2.C7H11NO4.CH3NO.CH2O/c1-3-11-7-8-13-12(9-11)15-10(2)5-4-6-14(15)16(13,17)18;9-6(10)5-3-7(4-8-5)11-1-2-12-7;2-1-3;1-2/h4-9H,3H2,1-2H3;5,8H,1-4H2,(H,9,10);1H,(H2,2,3);1H2. The number of carbonyl (C=O) groups excluding carboxylic acids is 2. The molecule has 2 aromatic carbocycles. The molecule has 4 N–H and O–H groups in total. The number of rotatable bonds is 2. The van der Waals surface area contributed by atoms with Crippen molar-refractivity contribution in [3.63, 3.8) is 0 Å². The summed E-state index contributed by atoms with van der Waals surface area (Å²) >= 11 is 0. The molecular weight excluding hydrogens is 462 g/mol. The van der Waals surface area contributed by atoms with Gasteiger partial charge in [0.25, 0.3) is 5.92 Å². The summed E-state index contributed by atoms with van der Waals surface area (Å²) in [6.45, 7) is 7.53. The van der Waals surface area contributed by atoms with Gasteiger partial charge in [-0.15, -0.1) is 0 Å². The highest BCUT2D eigenvalue weighted by atomic mass is 19.3. The zero-order chi connectivity index (χ0) is 26.2. The lowest BCUT2D eigenvalue weighted by Crippen LogP contribution is -2.32. The summed E-state index contributed by atoms with van der Waals surface area (Å²) in [5.74, 6) is -4.35. The summed E-state index contributed by atoms with van der Waals surface area (Å²) in [5.41, 5.74) is 7.88. The molecule has 10 heteroatoms. The largest absolute Gasteiger partial charge is 0.480 e. The lowest BCUT2D eigenvalue weighted by Gasteiger charge is -2.19. The fourth-order valence-corrected chi connectivity index (χ4v) is 4.35. The van der Waals surface area contributed by atoms with E-state index in [2.05, 4.69) is 11.1 Å². The summed E-state index contributed by atoms with van der Waals surface area (Å²) < 4.78 is 39.4. The van der Waals surface area contributed by atoms with E-state index in [1.807, 2.05) is 32.8 Å². The molecule has 8 nitrogen and oxygen atoms in total. The number of aryl methyl sites for hydroxylation is 2. The van der Waals surface area contributed by atoms with Crippen molar-refractivity contribution < 1.29 is 37.7 Å². The molecule has 35 heavy (non-hydrogen) atoms. The van der Waals surface area contributed by atoms with E-state index in [4.69, 9.17) is 24.2 Å². The molecule has 2 saturated heterocycles. The van der Waals surface area contributed by atoms with Crippen molar-refractivity contribution in [2.45, 2.75) is 44.4 Å². The molecule has 0 bridgehead atoms. The molecule has 190 valence electrons. The number of fused-ring (bicyclic) bond motifs is 3. The molecule has 1 atom stereocenters. The SMILES string of the molecule is C=O.CCc1ccc2c(c1)-c1c(C)cccc1C2(F)F.NC=O.O=C(O)C1CC2(CN1)OCCO2. The van der Waals surface area contributed by atoms with Crippen LogP contribution < -0.4 is 11.1 Å². The maximum absolute atomic E-state index is 14.3. The molecule has 5 rings (SSSR count). The van der Waals surface area contributed by atoms with Crippen molar-refractivity contribution in [2.24, 2.45) is 5.73 Å². The Morgan fingerprint density at radius 1 is 1.23 bits per heavy atom. The van der Waals surface area contributed by atoms with Gasteiger partial charge in [-0.3, -0.25) is 14.9 Å². The average Bonchev–Trinajstić information content (AvgIpc) is 3.55. The van der Waals surface area contributed by atoms with Gasteiger partial charge in [0.1, 0.15) is 12.8 Å². The van der Waals surface area contributed by atoms with Crippen molar-refractivity contribution >= 4 is 19.2 Å². The number of amides is 1. The Bertz CT molecular complexity index is 1040. The number of nitrogens with one attached hydrogen (secondary N) is 1. The lowest BCUT2D eigenvalue weighted by molar-refractivity contribution is -0.150. The van der Waals surface area contributed by atoms with Crippen molar-refractivity contribution in [1.29, 1.82) is 0 Å². The third kappa shape index (κ3) is 5.90. The predicted octanol–water partition coefficient (Wildman–Crippen LogP) is 2.77. The van der Waals surface area contributed by atoms with Crippen LogP contribution in [0, 0.1) is 6.92 Å².